The van der Waals surface area contributed by atoms with E-state index in [1.54, 1.807) is 11.3 Å². The van der Waals surface area contributed by atoms with Crippen molar-refractivity contribution >= 4 is 23.1 Å². The summed E-state index contributed by atoms with van der Waals surface area (Å²) in [6.45, 7) is 4.64. The van der Waals surface area contributed by atoms with E-state index in [9.17, 15) is 0 Å². The van der Waals surface area contributed by atoms with Crippen LogP contribution in [0.3, 0.4) is 0 Å². The molecule has 98 valence electrons. The Labute approximate surface area is 117 Å². The van der Waals surface area contributed by atoms with Gasteiger partial charge in [0.05, 0.1) is 6.61 Å². The first-order chi connectivity index (χ1) is 8.81. The molecule has 1 saturated heterocycles. The molecule has 0 amide bonds. The number of thioether (sulfide) groups is 1. The second-order valence-corrected chi connectivity index (χ2v) is 6.58. The summed E-state index contributed by atoms with van der Waals surface area (Å²) in [5.41, 5.74) is 1.14. The number of thiophene rings is 1. The molecule has 1 unspecified atom stereocenters. The minimum atomic E-state index is 0.146. The zero-order valence-corrected chi connectivity index (χ0v) is 12.3. The van der Waals surface area contributed by atoms with Gasteiger partial charge in [-0.1, -0.05) is 11.8 Å². The topological polar surface area (TPSA) is 23.5 Å². The van der Waals surface area contributed by atoms with Crippen LogP contribution in [0.1, 0.15) is 23.8 Å². The quantitative estimate of drug-likeness (QED) is 0.861. The molecular formula is C14H19NOS2. The van der Waals surface area contributed by atoms with Crippen molar-refractivity contribution in [3.8, 4) is 11.8 Å². The SMILES string of the molecule is CC1CSCCN1Cc1sccc1C#CCCO. The van der Waals surface area contributed by atoms with Crippen LogP contribution in [0.25, 0.3) is 0 Å². The fourth-order valence-corrected chi connectivity index (χ4v) is 3.91. The molecule has 0 aliphatic carbocycles. The van der Waals surface area contributed by atoms with Crippen molar-refractivity contribution in [1.82, 2.24) is 4.90 Å². The maximum Gasteiger partial charge on any atom is 0.0540 e. The largest absolute Gasteiger partial charge is 0.395 e. The molecular weight excluding hydrogens is 262 g/mol. The summed E-state index contributed by atoms with van der Waals surface area (Å²) in [4.78, 5) is 3.90. The number of aliphatic hydroxyl groups excluding tert-OH is 1. The Morgan fingerprint density at radius 3 is 3.22 bits per heavy atom. The lowest BCUT2D eigenvalue weighted by atomic mass is 10.2. The third kappa shape index (κ3) is 3.76. The number of nitrogens with zero attached hydrogens (tertiary/aromatic N) is 1. The van der Waals surface area contributed by atoms with Gasteiger partial charge in [0, 0.05) is 47.5 Å². The molecule has 0 spiro atoms. The molecule has 1 aromatic rings. The van der Waals surface area contributed by atoms with Crippen LogP contribution in [0, 0.1) is 11.8 Å². The molecule has 2 heterocycles. The predicted molar refractivity (Wildman–Crippen MR) is 80.1 cm³/mol. The van der Waals surface area contributed by atoms with E-state index in [0.29, 0.717) is 12.5 Å². The van der Waals surface area contributed by atoms with Crippen molar-refractivity contribution in [1.29, 1.82) is 0 Å². The molecule has 0 bridgehead atoms. The first-order valence-electron chi connectivity index (χ1n) is 6.29. The first-order valence-corrected chi connectivity index (χ1v) is 8.32. The van der Waals surface area contributed by atoms with Crippen LogP contribution in [0.15, 0.2) is 11.4 Å². The average Bonchev–Trinajstić information content (AvgIpc) is 2.80. The lowest BCUT2D eigenvalue weighted by molar-refractivity contribution is 0.226. The van der Waals surface area contributed by atoms with E-state index in [4.69, 9.17) is 5.11 Å². The maximum absolute atomic E-state index is 8.75. The highest BCUT2D eigenvalue weighted by Crippen LogP contribution is 2.23. The molecule has 4 heteroatoms. The minimum absolute atomic E-state index is 0.146. The molecule has 18 heavy (non-hydrogen) atoms. The summed E-state index contributed by atoms with van der Waals surface area (Å²) in [7, 11) is 0. The summed E-state index contributed by atoms with van der Waals surface area (Å²) in [6, 6.07) is 2.75. The molecule has 2 rings (SSSR count). The third-order valence-corrected chi connectivity index (χ3v) is 5.15. The Morgan fingerprint density at radius 1 is 1.56 bits per heavy atom. The molecule has 1 fully saturated rings. The van der Waals surface area contributed by atoms with Gasteiger partial charge in [0.2, 0.25) is 0 Å². The van der Waals surface area contributed by atoms with Gasteiger partial charge in [-0.3, -0.25) is 4.90 Å². The van der Waals surface area contributed by atoms with Crippen LogP contribution >= 0.6 is 23.1 Å². The van der Waals surface area contributed by atoms with Crippen molar-refractivity contribution in [2.45, 2.75) is 25.9 Å². The summed E-state index contributed by atoms with van der Waals surface area (Å²) in [5.74, 6) is 8.65. The van der Waals surface area contributed by atoms with Gasteiger partial charge in [0.15, 0.2) is 0 Å². The van der Waals surface area contributed by atoms with E-state index >= 15 is 0 Å². The van der Waals surface area contributed by atoms with Crippen molar-refractivity contribution in [3.63, 3.8) is 0 Å². The van der Waals surface area contributed by atoms with Crippen LogP contribution in [0.2, 0.25) is 0 Å². The number of aliphatic hydroxyl groups is 1. The van der Waals surface area contributed by atoms with Crippen molar-refractivity contribution in [2.75, 3.05) is 24.7 Å². The highest BCUT2D eigenvalue weighted by atomic mass is 32.2. The summed E-state index contributed by atoms with van der Waals surface area (Å²) in [6.07, 6.45) is 0.562. The van der Waals surface area contributed by atoms with E-state index < -0.39 is 0 Å². The van der Waals surface area contributed by atoms with E-state index in [1.165, 1.54) is 22.9 Å². The monoisotopic (exact) mass is 281 g/mol. The zero-order valence-electron chi connectivity index (χ0n) is 10.7. The van der Waals surface area contributed by atoms with Gasteiger partial charge in [-0.25, -0.2) is 0 Å². The molecule has 1 atom stereocenters. The van der Waals surface area contributed by atoms with Crippen LogP contribution in [-0.4, -0.2) is 40.7 Å². The van der Waals surface area contributed by atoms with Gasteiger partial charge in [-0.2, -0.15) is 11.8 Å². The zero-order chi connectivity index (χ0) is 12.8. The van der Waals surface area contributed by atoms with E-state index in [1.807, 2.05) is 11.8 Å². The van der Waals surface area contributed by atoms with Gasteiger partial charge in [0.1, 0.15) is 0 Å². The Kier molecular flexibility index (Phi) is 5.58. The van der Waals surface area contributed by atoms with Gasteiger partial charge < -0.3 is 5.11 Å². The van der Waals surface area contributed by atoms with Gasteiger partial charge in [0.25, 0.3) is 0 Å². The summed E-state index contributed by atoms with van der Waals surface area (Å²) >= 11 is 3.84. The van der Waals surface area contributed by atoms with E-state index in [2.05, 4.69) is 35.1 Å². The normalized spacial score (nSPS) is 20.4. The number of hydrogen-bond donors (Lipinski definition) is 1. The lowest BCUT2D eigenvalue weighted by Gasteiger charge is -2.32. The number of hydrogen-bond acceptors (Lipinski definition) is 4. The summed E-state index contributed by atoms with van der Waals surface area (Å²) < 4.78 is 0. The summed E-state index contributed by atoms with van der Waals surface area (Å²) in [5, 5.41) is 10.9. The molecule has 1 aromatic heterocycles. The fraction of sp³-hybridized carbons (Fsp3) is 0.571. The second kappa shape index (κ2) is 7.20. The molecule has 1 N–H and O–H groups in total. The molecule has 0 saturated carbocycles. The van der Waals surface area contributed by atoms with Crippen molar-refractivity contribution < 1.29 is 5.11 Å². The second-order valence-electron chi connectivity index (χ2n) is 4.43. The highest BCUT2D eigenvalue weighted by molar-refractivity contribution is 7.99. The Morgan fingerprint density at radius 2 is 2.44 bits per heavy atom. The van der Waals surface area contributed by atoms with Crippen LogP contribution in [0.5, 0.6) is 0 Å². The van der Waals surface area contributed by atoms with E-state index in [-0.39, 0.29) is 6.61 Å². The molecule has 0 aromatic carbocycles. The van der Waals surface area contributed by atoms with Crippen molar-refractivity contribution in [2.24, 2.45) is 0 Å². The number of rotatable bonds is 3. The maximum atomic E-state index is 8.75. The van der Waals surface area contributed by atoms with Crippen LogP contribution < -0.4 is 0 Å². The van der Waals surface area contributed by atoms with Crippen LogP contribution in [-0.2, 0) is 6.54 Å². The van der Waals surface area contributed by atoms with Gasteiger partial charge >= 0.3 is 0 Å². The smallest absolute Gasteiger partial charge is 0.0540 e. The predicted octanol–water partition coefficient (Wildman–Crippen LogP) is 2.42. The molecule has 2 nitrogen and oxygen atoms in total. The van der Waals surface area contributed by atoms with Gasteiger partial charge in [-0.15, -0.1) is 11.3 Å². The minimum Gasteiger partial charge on any atom is -0.395 e. The highest BCUT2D eigenvalue weighted by Gasteiger charge is 2.19. The average molecular weight is 281 g/mol. The Hall–Kier alpha value is -0.470. The Balaban J connectivity index is 2.01. The van der Waals surface area contributed by atoms with Crippen LogP contribution in [0.4, 0.5) is 0 Å². The Bertz CT molecular complexity index is 432. The third-order valence-electron chi connectivity index (χ3n) is 3.06. The van der Waals surface area contributed by atoms with E-state index in [0.717, 1.165) is 12.1 Å². The first kappa shape index (κ1) is 14.0. The standard InChI is InChI=1S/C14H19NOS2/c1-12-11-17-9-6-15(12)10-14-13(5-8-18-14)4-2-3-7-16/h5,8,12,16H,3,6-7,9-11H2,1H3. The van der Waals surface area contributed by atoms with Gasteiger partial charge in [-0.05, 0) is 18.4 Å². The molecule has 1 aliphatic rings. The molecule has 1 aliphatic heterocycles. The van der Waals surface area contributed by atoms with Crippen molar-refractivity contribution in [3.05, 3.63) is 21.9 Å². The molecule has 0 radical (unpaired) electrons. The fourth-order valence-electron chi connectivity index (χ4n) is 1.97. The lowest BCUT2D eigenvalue weighted by Crippen LogP contribution is -2.39.